The molecule has 1 aliphatic carbocycles. The third-order valence-corrected chi connectivity index (χ3v) is 7.38. The Bertz CT molecular complexity index is 1200. The van der Waals surface area contributed by atoms with E-state index in [1.165, 1.54) is 4.90 Å². The number of fused-ring (bicyclic) bond motifs is 1. The molecule has 3 amide bonds. The zero-order valence-corrected chi connectivity index (χ0v) is 19.8. The van der Waals surface area contributed by atoms with E-state index in [-0.39, 0.29) is 42.0 Å². The van der Waals surface area contributed by atoms with Gasteiger partial charge >= 0.3 is 5.97 Å². The van der Waals surface area contributed by atoms with Gasteiger partial charge in [0.05, 0.1) is 29.5 Å². The lowest BCUT2D eigenvalue weighted by molar-refractivity contribution is -0.139. The van der Waals surface area contributed by atoms with Crippen molar-refractivity contribution in [1.82, 2.24) is 4.90 Å². The van der Waals surface area contributed by atoms with Gasteiger partial charge in [0.15, 0.2) is 0 Å². The van der Waals surface area contributed by atoms with Crippen LogP contribution < -0.4 is 9.64 Å². The molecule has 0 saturated carbocycles. The first-order chi connectivity index (χ1) is 16.8. The van der Waals surface area contributed by atoms with E-state index < -0.39 is 11.9 Å². The molecule has 5 rings (SSSR count). The summed E-state index contributed by atoms with van der Waals surface area (Å²) in [5.74, 6) is -1.70. The van der Waals surface area contributed by atoms with Gasteiger partial charge in [-0.25, -0.2) is 4.90 Å². The molecular formula is C28H28N2O5. The minimum absolute atomic E-state index is 0.0724. The van der Waals surface area contributed by atoms with Crippen LogP contribution in [0.2, 0.25) is 0 Å². The number of nitrogens with zero attached hydrogens (tertiary/aromatic N) is 2. The second kappa shape index (κ2) is 9.13. The fourth-order valence-electron chi connectivity index (χ4n) is 5.35. The summed E-state index contributed by atoms with van der Waals surface area (Å²) in [6.07, 6.45) is 5.20. The average molecular weight is 473 g/mol. The van der Waals surface area contributed by atoms with Crippen molar-refractivity contribution in [2.75, 3.05) is 11.4 Å². The number of allylic oxidation sites excluding steroid dienone is 2. The molecule has 2 aromatic carbocycles. The number of anilines is 1. The molecule has 0 bridgehead atoms. The monoisotopic (exact) mass is 472 g/mol. The fraction of sp³-hybridized carbons (Fsp3) is 0.357. The molecule has 0 radical (unpaired) electrons. The summed E-state index contributed by atoms with van der Waals surface area (Å²) in [7, 11) is 0. The molecule has 3 aliphatic rings. The molecule has 2 heterocycles. The second-order valence-electron chi connectivity index (χ2n) is 9.57. The van der Waals surface area contributed by atoms with Crippen LogP contribution in [0.4, 0.5) is 5.69 Å². The molecule has 0 unspecified atom stereocenters. The number of imide groups is 1. The summed E-state index contributed by atoms with van der Waals surface area (Å²) in [5.41, 5.74) is 2.21. The lowest BCUT2D eigenvalue weighted by Crippen LogP contribution is -2.31. The highest BCUT2D eigenvalue weighted by Crippen LogP contribution is 2.39. The molecule has 2 aromatic rings. The summed E-state index contributed by atoms with van der Waals surface area (Å²) in [6.45, 7) is 4.05. The van der Waals surface area contributed by atoms with Crippen molar-refractivity contribution in [2.45, 2.75) is 39.2 Å². The topological polar surface area (TPSA) is 84.0 Å². The number of carbonyl (C=O) groups is 4. The van der Waals surface area contributed by atoms with Crippen molar-refractivity contribution in [3.8, 4) is 5.75 Å². The van der Waals surface area contributed by atoms with Crippen molar-refractivity contribution in [1.29, 1.82) is 0 Å². The third-order valence-electron chi connectivity index (χ3n) is 7.38. The Kier molecular flexibility index (Phi) is 6.01. The van der Waals surface area contributed by atoms with Gasteiger partial charge in [0, 0.05) is 13.0 Å². The molecule has 7 heteroatoms. The van der Waals surface area contributed by atoms with E-state index in [0.717, 1.165) is 5.56 Å². The number of esters is 1. The van der Waals surface area contributed by atoms with Crippen LogP contribution in [0.25, 0.3) is 0 Å². The van der Waals surface area contributed by atoms with E-state index in [1.807, 2.05) is 49.4 Å². The Morgan fingerprint density at radius 1 is 0.971 bits per heavy atom. The van der Waals surface area contributed by atoms with Gasteiger partial charge in [-0.15, -0.1) is 0 Å². The van der Waals surface area contributed by atoms with Gasteiger partial charge in [-0.05, 0) is 56.0 Å². The van der Waals surface area contributed by atoms with Gasteiger partial charge in [-0.2, -0.15) is 0 Å². The van der Waals surface area contributed by atoms with Crippen LogP contribution in [0.1, 0.15) is 43.4 Å². The molecule has 0 spiro atoms. The second-order valence-corrected chi connectivity index (χ2v) is 9.57. The molecule has 0 N–H and O–H groups in total. The number of amides is 3. The molecular weight excluding hydrogens is 444 g/mol. The van der Waals surface area contributed by atoms with Crippen molar-refractivity contribution in [3.63, 3.8) is 0 Å². The number of benzene rings is 2. The van der Waals surface area contributed by atoms with E-state index in [0.29, 0.717) is 36.4 Å². The number of aryl methyl sites for hydroxylation is 1. The van der Waals surface area contributed by atoms with Gasteiger partial charge in [-0.1, -0.05) is 42.5 Å². The lowest BCUT2D eigenvalue weighted by atomic mass is 9.85. The molecule has 2 fully saturated rings. The Morgan fingerprint density at radius 2 is 1.63 bits per heavy atom. The number of rotatable bonds is 5. The molecule has 0 aromatic heterocycles. The van der Waals surface area contributed by atoms with Gasteiger partial charge in [0.1, 0.15) is 5.75 Å². The smallest absolute Gasteiger partial charge is 0.316 e. The number of carbonyl (C=O) groups excluding carboxylic acids is 4. The van der Waals surface area contributed by atoms with Crippen LogP contribution in [-0.4, -0.2) is 35.1 Å². The first-order valence-corrected chi connectivity index (χ1v) is 12.0. The first-order valence-electron chi connectivity index (χ1n) is 12.0. The molecule has 7 nitrogen and oxygen atoms in total. The minimum atomic E-state index is -0.550. The van der Waals surface area contributed by atoms with E-state index in [4.69, 9.17) is 4.74 Å². The van der Waals surface area contributed by atoms with Crippen LogP contribution in [0.5, 0.6) is 5.75 Å². The zero-order valence-electron chi connectivity index (χ0n) is 19.8. The van der Waals surface area contributed by atoms with Crippen LogP contribution >= 0.6 is 0 Å². The third kappa shape index (κ3) is 4.16. The highest BCUT2D eigenvalue weighted by Gasteiger charge is 2.48. The molecule has 2 saturated heterocycles. The maximum absolute atomic E-state index is 12.9. The Labute approximate surface area is 204 Å². The highest BCUT2D eigenvalue weighted by atomic mass is 16.5. The summed E-state index contributed by atoms with van der Waals surface area (Å²) in [5, 5.41) is 0. The van der Waals surface area contributed by atoms with Crippen LogP contribution in [0.15, 0.2) is 60.7 Å². The molecule has 4 atom stereocenters. The summed E-state index contributed by atoms with van der Waals surface area (Å²) in [6, 6.07) is 14.5. The number of likely N-dealkylation sites (tertiary alicyclic amines) is 1. The van der Waals surface area contributed by atoms with Crippen molar-refractivity contribution in [2.24, 2.45) is 17.8 Å². The summed E-state index contributed by atoms with van der Waals surface area (Å²) in [4.78, 5) is 54.3. The number of hydrogen-bond acceptors (Lipinski definition) is 5. The van der Waals surface area contributed by atoms with Crippen LogP contribution in [0.3, 0.4) is 0 Å². The Morgan fingerprint density at radius 3 is 2.26 bits per heavy atom. The predicted octanol–water partition coefficient (Wildman–Crippen LogP) is 3.97. The normalized spacial score (nSPS) is 24.6. The summed E-state index contributed by atoms with van der Waals surface area (Å²) >= 11 is 0. The largest absolute Gasteiger partial charge is 0.426 e. The molecule has 35 heavy (non-hydrogen) atoms. The van der Waals surface area contributed by atoms with E-state index >= 15 is 0 Å². The quantitative estimate of drug-likeness (QED) is 0.285. The molecule has 2 aliphatic heterocycles. The first kappa shape index (κ1) is 23.0. The van der Waals surface area contributed by atoms with Gasteiger partial charge < -0.3 is 9.64 Å². The van der Waals surface area contributed by atoms with E-state index in [9.17, 15) is 19.2 Å². The van der Waals surface area contributed by atoms with Crippen LogP contribution in [-0.2, 0) is 19.2 Å². The van der Waals surface area contributed by atoms with E-state index in [2.05, 4.69) is 0 Å². The van der Waals surface area contributed by atoms with Crippen molar-refractivity contribution < 1.29 is 23.9 Å². The number of ether oxygens (including phenoxy) is 1. The lowest BCUT2D eigenvalue weighted by Gasteiger charge is -2.25. The Balaban J connectivity index is 1.26. The maximum Gasteiger partial charge on any atom is 0.316 e. The van der Waals surface area contributed by atoms with Crippen molar-refractivity contribution in [3.05, 3.63) is 71.8 Å². The zero-order chi connectivity index (χ0) is 24.7. The SMILES string of the molecule is Cc1cc(OC(=O)[C@@H]2CC(=O)N([C@H](C)c3ccccc3)C2)ccc1N1C(=O)[C@H]2CC=CC[C@H]2C1=O. The Hall–Kier alpha value is -3.74. The standard InChI is InChI=1S/C28H28N2O5/c1-17-14-21(12-13-24(17)30-26(32)22-10-6-7-11-23(22)27(30)33)35-28(34)20-15-25(31)29(16-20)18(2)19-8-4-3-5-9-19/h3-9,12-14,18,20,22-23H,10-11,15-16H2,1-2H3/t18-,20-,22-,23+/m1/s1. The van der Waals surface area contributed by atoms with E-state index in [1.54, 1.807) is 30.0 Å². The molecule has 180 valence electrons. The van der Waals surface area contributed by atoms with Gasteiger partial charge in [-0.3, -0.25) is 19.2 Å². The van der Waals surface area contributed by atoms with Crippen molar-refractivity contribution >= 4 is 29.4 Å². The predicted molar refractivity (Wildman–Crippen MR) is 129 cm³/mol. The fourth-order valence-corrected chi connectivity index (χ4v) is 5.35. The van der Waals surface area contributed by atoms with Crippen LogP contribution in [0, 0.1) is 24.7 Å². The number of hydrogen-bond donors (Lipinski definition) is 0. The van der Waals surface area contributed by atoms with Gasteiger partial charge in [0.25, 0.3) is 0 Å². The summed E-state index contributed by atoms with van der Waals surface area (Å²) < 4.78 is 5.61. The van der Waals surface area contributed by atoms with Gasteiger partial charge in [0.2, 0.25) is 17.7 Å². The highest BCUT2D eigenvalue weighted by molar-refractivity contribution is 6.22. The average Bonchev–Trinajstić information content (AvgIpc) is 3.37. The minimum Gasteiger partial charge on any atom is -0.426 e. The maximum atomic E-state index is 12.9.